The molecule has 0 unspecified atom stereocenters. The number of nitrogens with one attached hydrogen (secondary N) is 1. The third kappa shape index (κ3) is 5.63. The molecule has 138 valence electrons. The van der Waals surface area contributed by atoms with Crippen molar-refractivity contribution in [3.63, 3.8) is 0 Å². The molecular formula is C23H25N3S. The van der Waals surface area contributed by atoms with Crippen molar-refractivity contribution in [2.45, 2.75) is 33.9 Å². The maximum Gasteiger partial charge on any atom is 0.174 e. The molecule has 3 nitrogen and oxygen atoms in total. The zero-order chi connectivity index (χ0) is 19.2. The first-order valence-corrected chi connectivity index (χ1v) is 9.49. The Bertz CT molecular complexity index is 884. The highest BCUT2D eigenvalue weighted by Gasteiger charge is 2.12. The van der Waals surface area contributed by atoms with E-state index >= 15 is 0 Å². The van der Waals surface area contributed by atoms with Gasteiger partial charge in [-0.15, -0.1) is 0 Å². The van der Waals surface area contributed by atoms with E-state index in [2.05, 4.69) is 84.5 Å². The van der Waals surface area contributed by atoms with Gasteiger partial charge in [0.25, 0.3) is 0 Å². The summed E-state index contributed by atoms with van der Waals surface area (Å²) in [6.07, 6.45) is 3.68. The summed E-state index contributed by atoms with van der Waals surface area (Å²) < 4.78 is 0. The van der Waals surface area contributed by atoms with Crippen LogP contribution in [0.3, 0.4) is 0 Å². The van der Waals surface area contributed by atoms with Crippen molar-refractivity contribution in [2.75, 3.05) is 5.32 Å². The van der Waals surface area contributed by atoms with Gasteiger partial charge in [0.15, 0.2) is 5.11 Å². The van der Waals surface area contributed by atoms with Crippen LogP contribution in [0.4, 0.5) is 5.69 Å². The average molecular weight is 376 g/mol. The summed E-state index contributed by atoms with van der Waals surface area (Å²) in [6.45, 7) is 7.75. The second-order valence-electron chi connectivity index (χ2n) is 7.01. The number of hydrogen-bond acceptors (Lipinski definition) is 2. The summed E-state index contributed by atoms with van der Waals surface area (Å²) in [5.74, 6) is 0. The van der Waals surface area contributed by atoms with E-state index in [1.54, 1.807) is 6.20 Å². The number of rotatable bonds is 5. The molecule has 0 aliphatic carbocycles. The number of pyridine rings is 1. The standard InChI is InChI=1S/C23H25N3S/c1-17-6-8-20(9-7-17)15-26(16-21-5-4-10-24-14-21)23(27)25-22-12-18(2)11-19(3)13-22/h4-14H,15-16H2,1-3H3,(H,25,27). The van der Waals surface area contributed by atoms with E-state index in [1.165, 1.54) is 22.3 Å². The number of aryl methyl sites for hydroxylation is 3. The summed E-state index contributed by atoms with van der Waals surface area (Å²) in [4.78, 5) is 6.41. The van der Waals surface area contributed by atoms with E-state index in [1.807, 2.05) is 12.3 Å². The number of aromatic nitrogens is 1. The third-order valence-electron chi connectivity index (χ3n) is 4.35. The first kappa shape index (κ1) is 19.1. The summed E-state index contributed by atoms with van der Waals surface area (Å²) in [7, 11) is 0. The van der Waals surface area contributed by atoms with Crippen LogP contribution in [-0.4, -0.2) is 15.0 Å². The summed E-state index contributed by atoms with van der Waals surface area (Å²) >= 11 is 5.76. The molecule has 0 amide bonds. The highest BCUT2D eigenvalue weighted by atomic mass is 32.1. The molecule has 3 aromatic rings. The number of benzene rings is 2. The largest absolute Gasteiger partial charge is 0.340 e. The molecule has 1 N–H and O–H groups in total. The minimum absolute atomic E-state index is 0.707. The van der Waals surface area contributed by atoms with Gasteiger partial charge in [0.1, 0.15) is 0 Å². The van der Waals surface area contributed by atoms with Crippen LogP contribution in [-0.2, 0) is 13.1 Å². The second-order valence-corrected chi connectivity index (χ2v) is 7.40. The van der Waals surface area contributed by atoms with Gasteiger partial charge in [-0.25, -0.2) is 0 Å². The summed E-state index contributed by atoms with van der Waals surface area (Å²) in [5.41, 5.74) is 7.09. The second kappa shape index (κ2) is 8.78. The van der Waals surface area contributed by atoms with Gasteiger partial charge >= 0.3 is 0 Å². The lowest BCUT2D eigenvalue weighted by molar-refractivity contribution is 0.412. The van der Waals surface area contributed by atoms with E-state index in [0.717, 1.165) is 17.8 Å². The van der Waals surface area contributed by atoms with Gasteiger partial charge in [0.05, 0.1) is 0 Å². The minimum Gasteiger partial charge on any atom is -0.340 e. The molecule has 0 radical (unpaired) electrons. The van der Waals surface area contributed by atoms with Crippen molar-refractivity contribution < 1.29 is 0 Å². The lowest BCUT2D eigenvalue weighted by Crippen LogP contribution is -2.33. The summed E-state index contributed by atoms with van der Waals surface area (Å²) in [6, 6.07) is 19.0. The molecule has 3 rings (SSSR count). The molecule has 1 heterocycles. The molecule has 0 atom stereocenters. The number of anilines is 1. The van der Waals surface area contributed by atoms with E-state index in [-0.39, 0.29) is 0 Å². The first-order valence-electron chi connectivity index (χ1n) is 9.08. The monoisotopic (exact) mass is 375 g/mol. The molecule has 27 heavy (non-hydrogen) atoms. The quantitative estimate of drug-likeness (QED) is 0.604. The lowest BCUT2D eigenvalue weighted by Gasteiger charge is -2.26. The Morgan fingerprint density at radius 2 is 1.56 bits per heavy atom. The topological polar surface area (TPSA) is 28.2 Å². The molecule has 1 aromatic heterocycles. The van der Waals surface area contributed by atoms with Crippen LogP contribution in [0.5, 0.6) is 0 Å². The molecule has 0 aliphatic rings. The molecule has 4 heteroatoms. The molecule has 0 fully saturated rings. The van der Waals surface area contributed by atoms with Gasteiger partial charge in [-0.1, -0.05) is 42.0 Å². The Kier molecular flexibility index (Phi) is 6.20. The lowest BCUT2D eigenvalue weighted by atomic mass is 10.1. The Labute approximate surface area is 167 Å². The smallest absolute Gasteiger partial charge is 0.174 e. The van der Waals surface area contributed by atoms with Crippen molar-refractivity contribution in [3.8, 4) is 0 Å². The minimum atomic E-state index is 0.707. The Balaban J connectivity index is 1.80. The van der Waals surface area contributed by atoms with Gasteiger partial charge in [0, 0.05) is 31.2 Å². The van der Waals surface area contributed by atoms with Gasteiger partial charge in [-0.05, 0) is 73.4 Å². The van der Waals surface area contributed by atoms with Crippen LogP contribution in [0.15, 0.2) is 67.0 Å². The molecule has 0 saturated carbocycles. The Morgan fingerprint density at radius 1 is 0.889 bits per heavy atom. The van der Waals surface area contributed by atoms with Gasteiger partial charge in [-0.2, -0.15) is 0 Å². The number of thiocarbonyl (C=S) groups is 1. The number of hydrogen-bond donors (Lipinski definition) is 1. The predicted octanol–water partition coefficient (Wildman–Crippen LogP) is 5.41. The fourth-order valence-corrected chi connectivity index (χ4v) is 3.32. The number of nitrogens with zero attached hydrogens (tertiary/aromatic N) is 2. The highest BCUT2D eigenvalue weighted by molar-refractivity contribution is 7.80. The first-order chi connectivity index (χ1) is 13.0. The van der Waals surface area contributed by atoms with Gasteiger partial charge in [0.2, 0.25) is 0 Å². The average Bonchev–Trinajstić information content (AvgIpc) is 2.63. The van der Waals surface area contributed by atoms with Crippen LogP contribution >= 0.6 is 12.2 Å². The molecule has 0 spiro atoms. The molecule has 0 saturated heterocycles. The fraction of sp³-hybridized carbons (Fsp3) is 0.217. The molecule has 0 bridgehead atoms. The van der Waals surface area contributed by atoms with Crippen LogP contribution in [0.1, 0.15) is 27.8 Å². The molecule has 2 aromatic carbocycles. The van der Waals surface area contributed by atoms with E-state index in [9.17, 15) is 0 Å². The van der Waals surface area contributed by atoms with Crippen LogP contribution in [0.25, 0.3) is 0 Å². The molecular weight excluding hydrogens is 350 g/mol. The zero-order valence-electron chi connectivity index (χ0n) is 16.1. The van der Waals surface area contributed by atoms with Crippen molar-refractivity contribution in [1.29, 1.82) is 0 Å². The molecule has 0 aliphatic heterocycles. The Morgan fingerprint density at radius 3 is 2.19 bits per heavy atom. The van der Waals surface area contributed by atoms with Gasteiger partial charge < -0.3 is 10.2 Å². The van der Waals surface area contributed by atoms with E-state index in [4.69, 9.17) is 12.2 Å². The van der Waals surface area contributed by atoms with E-state index < -0.39 is 0 Å². The van der Waals surface area contributed by atoms with E-state index in [0.29, 0.717) is 11.7 Å². The zero-order valence-corrected chi connectivity index (χ0v) is 16.9. The Hall–Kier alpha value is -2.72. The van der Waals surface area contributed by atoms with Crippen molar-refractivity contribution >= 4 is 23.0 Å². The fourth-order valence-electron chi connectivity index (χ4n) is 3.07. The normalized spacial score (nSPS) is 10.5. The maximum absolute atomic E-state index is 5.76. The van der Waals surface area contributed by atoms with Crippen molar-refractivity contribution in [2.24, 2.45) is 0 Å². The van der Waals surface area contributed by atoms with Crippen LogP contribution in [0, 0.1) is 20.8 Å². The van der Waals surface area contributed by atoms with Crippen LogP contribution < -0.4 is 5.32 Å². The predicted molar refractivity (Wildman–Crippen MR) is 117 cm³/mol. The third-order valence-corrected chi connectivity index (χ3v) is 4.71. The maximum atomic E-state index is 5.76. The van der Waals surface area contributed by atoms with Crippen LogP contribution in [0.2, 0.25) is 0 Å². The van der Waals surface area contributed by atoms with Gasteiger partial charge in [-0.3, -0.25) is 4.98 Å². The SMILES string of the molecule is Cc1ccc(CN(Cc2cccnc2)C(=S)Nc2cc(C)cc(C)c2)cc1. The van der Waals surface area contributed by atoms with Crippen molar-refractivity contribution in [1.82, 2.24) is 9.88 Å². The highest BCUT2D eigenvalue weighted by Crippen LogP contribution is 2.17. The van der Waals surface area contributed by atoms with Crippen molar-refractivity contribution in [3.05, 3.63) is 94.8 Å². The summed E-state index contributed by atoms with van der Waals surface area (Å²) in [5, 5.41) is 4.12.